The normalized spacial score (nSPS) is 10.1. The zero-order valence-electron chi connectivity index (χ0n) is 8.47. The number of aromatic nitrogens is 3. The molecule has 0 unspecified atom stereocenters. The monoisotopic (exact) mass is 219 g/mol. The van der Waals surface area contributed by atoms with E-state index in [4.69, 9.17) is 9.84 Å². The summed E-state index contributed by atoms with van der Waals surface area (Å²) < 4.78 is 5.01. The molecular weight excluding hydrogens is 210 g/mol. The standard InChI is InChI=1S/C10H9N3O3/c1-16-7-4-2-6(3-5-7)8-11-9(10(14)15)13-12-8/h2-5H,1H3,(H,14,15)(H,11,12,13). The third-order valence-electron chi connectivity index (χ3n) is 2.04. The number of hydrogen-bond donors (Lipinski definition) is 2. The molecule has 2 rings (SSSR count). The van der Waals surface area contributed by atoms with Crippen molar-refractivity contribution in [2.45, 2.75) is 0 Å². The fourth-order valence-corrected chi connectivity index (χ4v) is 1.23. The highest BCUT2D eigenvalue weighted by Gasteiger charge is 2.10. The average molecular weight is 219 g/mol. The Kier molecular flexibility index (Phi) is 2.55. The summed E-state index contributed by atoms with van der Waals surface area (Å²) in [5.41, 5.74) is 0.726. The van der Waals surface area contributed by atoms with Crippen molar-refractivity contribution < 1.29 is 14.6 Å². The molecule has 6 nitrogen and oxygen atoms in total. The fourth-order valence-electron chi connectivity index (χ4n) is 1.23. The van der Waals surface area contributed by atoms with Crippen LogP contribution in [-0.4, -0.2) is 33.4 Å². The van der Waals surface area contributed by atoms with Crippen molar-refractivity contribution in [3.05, 3.63) is 30.1 Å². The Bertz CT molecular complexity index is 504. The molecule has 2 aromatic rings. The fraction of sp³-hybridized carbons (Fsp3) is 0.100. The minimum atomic E-state index is -1.13. The molecule has 0 fully saturated rings. The third-order valence-corrected chi connectivity index (χ3v) is 2.04. The van der Waals surface area contributed by atoms with Crippen molar-refractivity contribution in [1.29, 1.82) is 0 Å². The van der Waals surface area contributed by atoms with Crippen LogP contribution in [0.5, 0.6) is 5.75 Å². The van der Waals surface area contributed by atoms with Gasteiger partial charge >= 0.3 is 5.97 Å². The van der Waals surface area contributed by atoms with Crippen LogP contribution < -0.4 is 4.74 Å². The molecule has 0 spiro atoms. The van der Waals surface area contributed by atoms with Gasteiger partial charge in [0.15, 0.2) is 5.82 Å². The number of nitrogens with one attached hydrogen (secondary N) is 1. The van der Waals surface area contributed by atoms with E-state index in [2.05, 4.69) is 15.2 Å². The van der Waals surface area contributed by atoms with Gasteiger partial charge in [-0.25, -0.2) is 9.78 Å². The van der Waals surface area contributed by atoms with Gasteiger partial charge in [0.25, 0.3) is 0 Å². The maximum Gasteiger partial charge on any atom is 0.373 e. The molecule has 1 heterocycles. The number of carboxylic acid groups (broad SMARTS) is 1. The number of nitrogens with zero attached hydrogens (tertiary/aromatic N) is 2. The van der Waals surface area contributed by atoms with Gasteiger partial charge in [0.1, 0.15) is 5.75 Å². The Morgan fingerprint density at radius 3 is 2.56 bits per heavy atom. The molecule has 1 aromatic heterocycles. The molecule has 6 heteroatoms. The van der Waals surface area contributed by atoms with E-state index >= 15 is 0 Å². The van der Waals surface area contributed by atoms with Crippen LogP contribution in [0.1, 0.15) is 10.6 Å². The van der Waals surface area contributed by atoms with Crippen LogP contribution in [0.25, 0.3) is 11.4 Å². The van der Waals surface area contributed by atoms with E-state index < -0.39 is 5.97 Å². The van der Waals surface area contributed by atoms with Crippen LogP contribution in [0.3, 0.4) is 0 Å². The van der Waals surface area contributed by atoms with Crippen molar-refractivity contribution in [3.8, 4) is 17.1 Å². The highest BCUT2D eigenvalue weighted by atomic mass is 16.5. The van der Waals surface area contributed by atoms with Gasteiger partial charge in [0, 0.05) is 5.56 Å². The minimum absolute atomic E-state index is 0.175. The van der Waals surface area contributed by atoms with E-state index in [-0.39, 0.29) is 5.82 Å². The largest absolute Gasteiger partial charge is 0.497 e. The van der Waals surface area contributed by atoms with Gasteiger partial charge in [0.05, 0.1) is 7.11 Å². The maximum absolute atomic E-state index is 10.6. The molecule has 0 saturated carbocycles. The summed E-state index contributed by atoms with van der Waals surface area (Å²) in [5, 5.41) is 14.8. The van der Waals surface area contributed by atoms with Crippen molar-refractivity contribution >= 4 is 5.97 Å². The van der Waals surface area contributed by atoms with Gasteiger partial charge in [-0.2, -0.15) is 5.10 Å². The molecule has 0 radical (unpaired) electrons. The lowest BCUT2D eigenvalue weighted by Gasteiger charge is -1.99. The summed E-state index contributed by atoms with van der Waals surface area (Å²) in [4.78, 5) is 14.4. The van der Waals surface area contributed by atoms with Gasteiger partial charge in [-0.1, -0.05) is 0 Å². The number of rotatable bonds is 3. The number of H-pyrrole nitrogens is 1. The van der Waals surface area contributed by atoms with Crippen LogP contribution in [0.2, 0.25) is 0 Å². The highest BCUT2D eigenvalue weighted by Crippen LogP contribution is 2.18. The smallest absolute Gasteiger partial charge is 0.373 e. The molecule has 16 heavy (non-hydrogen) atoms. The number of hydrogen-bond acceptors (Lipinski definition) is 4. The SMILES string of the molecule is COc1ccc(-c2n[nH]c(C(=O)O)n2)cc1. The molecule has 0 atom stereocenters. The first-order valence-corrected chi connectivity index (χ1v) is 4.51. The second-order valence-corrected chi connectivity index (χ2v) is 3.04. The number of ether oxygens (including phenoxy) is 1. The third kappa shape index (κ3) is 1.85. The van der Waals surface area contributed by atoms with Crippen LogP contribution in [-0.2, 0) is 0 Å². The van der Waals surface area contributed by atoms with E-state index in [0.29, 0.717) is 5.82 Å². The van der Waals surface area contributed by atoms with Crippen molar-refractivity contribution in [3.63, 3.8) is 0 Å². The van der Waals surface area contributed by atoms with E-state index in [9.17, 15) is 4.79 Å². The molecule has 0 aliphatic carbocycles. The van der Waals surface area contributed by atoms with Gasteiger partial charge in [-0.05, 0) is 24.3 Å². The molecule has 82 valence electrons. The molecule has 0 aliphatic heterocycles. The second kappa shape index (κ2) is 4.01. The van der Waals surface area contributed by atoms with E-state index in [0.717, 1.165) is 11.3 Å². The van der Waals surface area contributed by atoms with Crippen LogP contribution in [0, 0.1) is 0 Å². The molecule has 0 aliphatic rings. The predicted octanol–water partition coefficient (Wildman–Crippen LogP) is 1.18. The lowest BCUT2D eigenvalue weighted by molar-refractivity contribution is 0.0684. The number of aromatic carboxylic acids is 1. The zero-order chi connectivity index (χ0) is 11.5. The quantitative estimate of drug-likeness (QED) is 0.809. The van der Waals surface area contributed by atoms with Crippen LogP contribution in [0.4, 0.5) is 0 Å². The minimum Gasteiger partial charge on any atom is -0.497 e. The molecule has 0 saturated heterocycles. The van der Waals surface area contributed by atoms with Gasteiger partial charge < -0.3 is 9.84 Å². The number of benzene rings is 1. The summed E-state index contributed by atoms with van der Waals surface area (Å²) in [7, 11) is 1.57. The topological polar surface area (TPSA) is 88.1 Å². The molecule has 1 aromatic carbocycles. The van der Waals surface area contributed by atoms with Crippen molar-refractivity contribution in [2.24, 2.45) is 0 Å². The number of aromatic amines is 1. The molecular formula is C10H9N3O3. The van der Waals surface area contributed by atoms with E-state index in [1.54, 1.807) is 31.4 Å². The lowest BCUT2D eigenvalue weighted by atomic mass is 10.2. The number of methoxy groups -OCH3 is 1. The number of carbonyl (C=O) groups is 1. The highest BCUT2D eigenvalue weighted by molar-refractivity contribution is 5.83. The summed E-state index contributed by atoms with van der Waals surface area (Å²) in [5.74, 6) is -0.240. The Labute approximate surface area is 90.9 Å². The predicted molar refractivity (Wildman–Crippen MR) is 55.3 cm³/mol. The van der Waals surface area contributed by atoms with Gasteiger partial charge in [-0.15, -0.1) is 0 Å². The Hall–Kier alpha value is -2.37. The Morgan fingerprint density at radius 2 is 2.06 bits per heavy atom. The Balaban J connectivity index is 2.31. The average Bonchev–Trinajstić information content (AvgIpc) is 2.78. The first-order valence-electron chi connectivity index (χ1n) is 4.51. The summed E-state index contributed by atoms with van der Waals surface area (Å²) >= 11 is 0. The second-order valence-electron chi connectivity index (χ2n) is 3.04. The van der Waals surface area contributed by atoms with Crippen LogP contribution in [0.15, 0.2) is 24.3 Å². The lowest BCUT2D eigenvalue weighted by Crippen LogP contribution is -1.98. The van der Waals surface area contributed by atoms with E-state index in [1.165, 1.54) is 0 Å². The van der Waals surface area contributed by atoms with Crippen molar-refractivity contribution in [1.82, 2.24) is 15.2 Å². The first kappa shape index (κ1) is 10.2. The van der Waals surface area contributed by atoms with Gasteiger partial charge in [-0.3, -0.25) is 5.10 Å². The molecule has 0 bridgehead atoms. The number of carboxylic acids is 1. The maximum atomic E-state index is 10.6. The molecule has 2 N–H and O–H groups in total. The van der Waals surface area contributed by atoms with Crippen molar-refractivity contribution in [2.75, 3.05) is 7.11 Å². The Morgan fingerprint density at radius 1 is 1.38 bits per heavy atom. The summed E-state index contributed by atoms with van der Waals surface area (Å²) in [6, 6.07) is 7.03. The summed E-state index contributed by atoms with van der Waals surface area (Å²) in [6.07, 6.45) is 0. The van der Waals surface area contributed by atoms with Gasteiger partial charge in [0.2, 0.25) is 5.82 Å². The zero-order valence-corrected chi connectivity index (χ0v) is 8.47. The first-order chi connectivity index (χ1) is 7.70. The van der Waals surface area contributed by atoms with Crippen LogP contribution >= 0.6 is 0 Å². The summed E-state index contributed by atoms with van der Waals surface area (Å²) in [6.45, 7) is 0. The molecule has 0 amide bonds. The van der Waals surface area contributed by atoms with E-state index in [1.807, 2.05) is 0 Å².